The van der Waals surface area contributed by atoms with Crippen molar-refractivity contribution in [2.24, 2.45) is 0 Å². The van der Waals surface area contributed by atoms with Crippen LogP contribution in [0.1, 0.15) is 34.6 Å². The van der Waals surface area contributed by atoms with Gasteiger partial charge in [0.05, 0.1) is 65.6 Å². The van der Waals surface area contributed by atoms with E-state index >= 15 is 0 Å². The van der Waals surface area contributed by atoms with E-state index in [4.69, 9.17) is 90.0 Å². The Morgan fingerprint density at radius 2 is 0.592 bits per heavy atom. The molecule has 10 aliphatic rings. The minimum Gasteiger partial charge on any atom is -0.394 e. The number of hydrogen-bond acceptors (Lipinski definition) is 49. The van der Waals surface area contributed by atoms with Crippen LogP contribution in [-0.4, -0.2) is 517 Å². The van der Waals surface area contributed by atoms with Crippen LogP contribution in [0.25, 0.3) is 0 Å². The van der Waals surface area contributed by atoms with Crippen LogP contribution in [0.3, 0.4) is 0 Å². The van der Waals surface area contributed by atoms with E-state index < -0.39 is 384 Å². The quantitative estimate of drug-likeness (QED) is 0.0318. The third-order valence-electron chi connectivity index (χ3n) is 22.0. The van der Waals surface area contributed by atoms with Gasteiger partial charge in [0.1, 0.15) is 232 Å². The number of ether oxygens (including phenoxy) is 19. The number of rotatable bonds is 30. The highest BCUT2D eigenvalue weighted by molar-refractivity contribution is 5.74. The second kappa shape index (κ2) is 42.8. The monoisotopic (exact) mass is 1760 g/mol. The zero-order chi connectivity index (χ0) is 88.2. The zero-order valence-electron chi connectivity index (χ0n) is 64.7. The summed E-state index contributed by atoms with van der Waals surface area (Å²) >= 11 is 0. The molecule has 0 bridgehead atoms. The van der Waals surface area contributed by atoms with E-state index in [2.05, 4.69) is 21.3 Å². The standard InChI is InChI=1S/C67H112N4O49/c1-15-33(83)44(94)49(99)62(105-15)103-14-28-53(115-64-50(100)45(95)36(86)22(7-73)108-64)43(93)32(71-19(5)81)61(113-28)118-55-46(96)37(87)23(8-74)109-65(55)104-13-27-39(89)54(117-66-56(47(97)38(88)24(9-75)110-66)119-59-30(69-17(3)79)40(90)35(85)21(6-72)107-59)57(120-63-48(98)34(84)20(82)12-102-63)67(112-27)116-52-26(11-77)111-60(31(42(52)92)70-18(4)80)114-51-25(10-76)106-58(101)29(41(51)91)68-16(2)78/h15,20-67,72-77,82-101H,6-14H2,1-5H3,(H,68,78)(H,69,79)(H,70,80)(H,71,81)/t15-,20+,21+,22+,23+,24+,25+,26+,27+,28+,29+,30+,31+,32+,33+,34-,35+,36-,37+,38+,39+,40+,41+,42+,43+,44+,45-,46-,47-,48+,49-,50+,51+,52+,53+,54-,55-,56-,57-,58?,59-,60-,61-,62+,63-,64-,65-,66+,67-/m0/s1. The number of amides is 4. The first-order valence-electron chi connectivity index (χ1n) is 38.4. The Hall–Kier alpha value is -3.92. The van der Waals surface area contributed by atoms with Crippen LogP contribution in [0.5, 0.6) is 0 Å². The molecule has 0 radical (unpaired) electrons. The topological polar surface area (TPSA) is 818 Å². The lowest BCUT2D eigenvalue weighted by Gasteiger charge is -2.52. The molecule has 4 amide bonds. The Morgan fingerprint density at radius 3 is 1.11 bits per heavy atom. The normalized spacial score (nSPS) is 49.7. The molecule has 10 fully saturated rings. The van der Waals surface area contributed by atoms with Gasteiger partial charge in [-0.25, -0.2) is 0 Å². The van der Waals surface area contributed by atoms with Crippen LogP contribution in [0.15, 0.2) is 0 Å². The molecule has 53 nitrogen and oxygen atoms in total. The fourth-order valence-corrected chi connectivity index (χ4v) is 15.5. The summed E-state index contributed by atoms with van der Waals surface area (Å²) < 4.78 is 115. The van der Waals surface area contributed by atoms with E-state index in [1.807, 2.05) is 0 Å². The Labute approximate surface area is 679 Å². The molecule has 10 rings (SSSR count). The Morgan fingerprint density at radius 1 is 0.267 bits per heavy atom. The van der Waals surface area contributed by atoms with Crippen molar-refractivity contribution in [3.8, 4) is 0 Å². The summed E-state index contributed by atoms with van der Waals surface area (Å²) in [4.78, 5) is 51.4. The SMILES string of the molecule is CC(=O)N[C@H]1[C@H](O[C@@H]2[C@@H](OC[C@H]3O[C@@H](O[C@H]4[C@H](O)[C@@H](NC(C)=O)[C@H](O[C@H]5[C@H](O)[C@@H](NC(C)=O)C(O)O[C@@H]5CO)O[C@@H]4CO)[C@@H](O[C@@H]4OC[C@@H](O)[C@H](O)[C@H]4O)[C@@H](O[C@H]4O[C@H](CO)[C@@H](O)[C@H](O)[C@@H]4O[C@@H]4O[C@H](CO)[C@@H](O)[C@H](O)[C@H]4NC(C)=O)[C@@H]3O)O[C@H](CO)[C@@H](O)[C@@H]2O)O[C@H](CO[C@@H]2O[C@@H](C)[C@@H](O)[C@@H](O)[C@@H]2O)[C@@H](O[C@@H]2O[C@H](CO)[C@H](O)[C@H](O)[C@H]2O)[C@@H]1O. The molecule has 53 heteroatoms. The first kappa shape index (κ1) is 98.3. The first-order valence-corrected chi connectivity index (χ1v) is 38.4. The maximum atomic E-state index is 13.2. The number of carbonyl (C=O) groups excluding carboxylic acids is 4. The summed E-state index contributed by atoms with van der Waals surface area (Å²) in [5, 5.41) is 301. The fraction of sp³-hybridized carbons (Fsp3) is 0.940. The Balaban J connectivity index is 1.05. The van der Waals surface area contributed by atoms with E-state index in [0.29, 0.717) is 0 Å². The largest absolute Gasteiger partial charge is 0.394 e. The van der Waals surface area contributed by atoms with Crippen LogP contribution in [0.2, 0.25) is 0 Å². The van der Waals surface area contributed by atoms with Gasteiger partial charge in [0, 0.05) is 27.7 Å². The van der Waals surface area contributed by atoms with Gasteiger partial charge in [-0.3, -0.25) is 19.2 Å². The molecule has 694 valence electrons. The van der Waals surface area contributed by atoms with Crippen LogP contribution < -0.4 is 21.3 Å². The molecule has 1 unspecified atom stereocenters. The van der Waals surface area contributed by atoms with Gasteiger partial charge >= 0.3 is 0 Å². The van der Waals surface area contributed by atoms with E-state index in [-0.39, 0.29) is 0 Å². The van der Waals surface area contributed by atoms with E-state index in [0.717, 1.165) is 27.7 Å². The molecule has 0 aliphatic carbocycles. The smallest absolute Gasteiger partial charge is 0.217 e. The van der Waals surface area contributed by atoms with Crippen molar-refractivity contribution in [3.05, 3.63) is 0 Å². The average molecular weight is 1760 g/mol. The summed E-state index contributed by atoms with van der Waals surface area (Å²) in [5.74, 6) is -3.70. The summed E-state index contributed by atoms with van der Waals surface area (Å²) in [6.45, 7) is -4.84. The second-order valence-corrected chi connectivity index (χ2v) is 30.5. The van der Waals surface area contributed by atoms with Crippen LogP contribution >= 0.6 is 0 Å². The highest BCUT2D eigenvalue weighted by Gasteiger charge is 2.62. The molecule has 0 spiro atoms. The zero-order valence-corrected chi connectivity index (χ0v) is 64.7. The third-order valence-corrected chi connectivity index (χ3v) is 22.0. The predicted octanol–water partition coefficient (Wildman–Crippen LogP) is -20.6. The maximum Gasteiger partial charge on any atom is 0.217 e. The van der Waals surface area contributed by atoms with Gasteiger partial charge in [-0.2, -0.15) is 0 Å². The van der Waals surface area contributed by atoms with E-state index in [1.165, 1.54) is 6.92 Å². The van der Waals surface area contributed by atoms with Gasteiger partial charge < -0.3 is 244 Å². The molecule has 0 aromatic rings. The minimum absolute atomic E-state index is 0.811. The lowest BCUT2D eigenvalue weighted by atomic mass is 9.93. The van der Waals surface area contributed by atoms with Crippen molar-refractivity contribution < 1.29 is 242 Å². The van der Waals surface area contributed by atoms with Gasteiger partial charge in [0.15, 0.2) is 62.9 Å². The summed E-state index contributed by atoms with van der Waals surface area (Å²) in [6.07, 6.45) is -95.3. The third kappa shape index (κ3) is 21.7. The van der Waals surface area contributed by atoms with Gasteiger partial charge in [-0.15, -0.1) is 0 Å². The molecule has 10 aliphatic heterocycles. The highest BCUT2D eigenvalue weighted by Crippen LogP contribution is 2.41. The van der Waals surface area contributed by atoms with Crippen LogP contribution in [-0.2, 0) is 109 Å². The van der Waals surface area contributed by atoms with E-state index in [9.17, 15) is 152 Å². The number of carbonyl (C=O) groups is 4. The van der Waals surface area contributed by atoms with Crippen LogP contribution in [0.4, 0.5) is 0 Å². The number of aliphatic hydroxyl groups is 26. The Bertz CT molecular complexity index is 3230. The van der Waals surface area contributed by atoms with Gasteiger partial charge in [0.25, 0.3) is 0 Å². The molecule has 10 saturated heterocycles. The summed E-state index contributed by atoms with van der Waals surface area (Å²) in [7, 11) is 0. The van der Waals surface area contributed by atoms with Crippen molar-refractivity contribution in [1.29, 1.82) is 0 Å². The second-order valence-electron chi connectivity index (χ2n) is 30.5. The molecule has 0 saturated carbocycles. The van der Waals surface area contributed by atoms with Crippen molar-refractivity contribution in [1.82, 2.24) is 21.3 Å². The van der Waals surface area contributed by atoms with Crippen molar-refractivity contribution in [2.45, 2.75) is 335 Å². The average Bonchev–Trinajstić information content (AvgIpc) is 0.765. The van der Waals surface area contributed by atoms with E-state index in [1.54, 1.807) is 0 Å². The molecule has 0 aromatic heterocycles. The lowest BCUT2D eigenvalue weighted by Crippen LogP contribution is -2.71. The van der Waals surface area contributed by atoms with Crippen LogP contribution in [0, 0.1) is 0 Å². The number of hydrogen-bond donors (Lipinski definition) is 30. The highest BCUT2D eigenvalue weighted by atomic mass is 16.8. The molecule has 30 N–H and O–H groups in total. The molecular formula is C67H112N4O49. The number of nitrogens with one attached hydrogen (secondary N) is 4. The Kier molecular flexibility index (Phi) is 35.0. The number of aliphatic hydroxyl groups excluding tert-OH is 26. The predicted molar refractivity (Wildman–Crippen MR) is 369 cm³/mol. The lowest BCUT2D eigenvalue weighted by molar-refractivity contribution is -0.411. The summed E-state index contributed by atoms with van der Waals surface area (Å²) in [5.41, 5.74) is 0. The molecule has 49 atom stereocenters. The fourth-order valence-electron chi connectivity index (χ4n) is 15.5. The minimum atomic E-state index is -2.58. The maximum absolute atomic E-state index is 13.2. The first-order chi connectivity index (χ1) is 56.7. The molecular weight excluding hydrogens is 1640 g/mol. The van der Waals surface area contributed by atoms with Gasteiger partial charge in [-0.05, 0) is 6.92 Å². The van der Waals surface area contributed by atoms with Crippen molar-refractivity contribution in [3.63, 3.8) is 0 Å². The molecule has 10 heterocycles. The van der Waals surface area contributed by atoms with Crippen molar-refractivity contribution >= 4 is 23.6 Å². The van der Waals surface area contributed by atoms with Gasteiger partial charge in [0.2, 0.25) is 23.6 Å². The summed E-state index contributed by atoms with van der Waals surface area (Å²) in [6, 6.07) is -7.59. The molecule has 0 aromatic carbocycles. The van der Waals surface area contributed by atoms with Crippen molar-refractivity contribution in [2.75, 3.05) is 59.5 Å². The molecule has 120 heavy (non-hydrogen) atoms. The van der Waals surface area contributed by atoms with Gasteiger partial charge in [-0.1, -0.05) is 0 Å².